The highest BCUT2D eigenvalue weighted by molar-refractivity contribution is 7.92. The number of pyridine rings is 1. The first-order valence-electron chi connectivity index (χ1n) is 11.8. The monoisotopic (exact) mass is 610 g/mol. The van der Waals surface area contributed by atoms with E-state index in [4.69, 9.17) is 16.3 Å². The van der Waals surface area contributed by atoms with Gasteiger partial charge in [-0.3, -0.25) is 14.5 Å². The van der Waals surface area contributed by atoms with Crippen LogP contribution in [0.5, 0.6) is 5.75 Å². The van der Waals surface area contributed by atoms with Gasteiger partial charge in [-0.1, -0.05) is 11.6 Å². The lowest BCUT2D eigenvalue weighted by Gasteiger charge is -2.19. The fourth-order valence-electron chi connectivity index (χ4n) is 4.01. The number of sulfonamides is 1. The Kier molecular flexibility index (Phi) is 8.31. The lowest BCUT2D eigenvalue weighted by Crippen LogP contribution is -2.13. The number of carbonyl (C=O) groups excluding carboxylic acids is 1. The molecule has 0 aliphatic carbocycles. The van der Waals surface area contributed by atoms with Crippen molar-refractivity contribution in [3.8, 4) is 17.1 Å². The minimum absolute atomic E-state index is 0.0228. The number of hydrogen-bond acceptors (Lipinski definition) is 5. The summed E-state index contributed by atoms with van der Waals surface area (Å²) in [6, 6.07) is 11.1. The first kappa shape index (κ1) is 29.9. The summed E-state index contributed by atoms with van der Waals surface area (Å²) in [4.78, 5) is 17.4. The predicted molar refractivity (Wildman–Crippen MR) is 147 cm³/mol. The molecule has 0 spiro atoms. The fourth-order valence-corrected chi connectivity index (χ4v) is 4.79. The maximum Gasteiger partial charge on any atom is 0.416 e. The Morgan fingerprint density at radius 3 is 2.49 bits per heavy atom. The molecular formula is C27H23ClF4N4O4S. The molecule has 8 nitrogen and oxygen atoms in total. The number of benzene rings is 2. The van der Waals surface area contributed by atoms with E-state index in [1.54, 1.807) is 23.7 Å². The highest BCUT2D eigenvalue weighted by Gasteiger charge is 2.32. The molecule has 1 atom stereocenters. The molecule has 216 valence electrons. The van der Waals surface area contributed by atoms with Crippen LogP contribution in [0.15, 0.2) is 67.0 Å². The summed E-state index contributed by atoms with van der Waals surface area (Å²) in [6.07, 6.45) is -1.73. The number of nitrogens with zero attached hydrogens (tertiary/aromatic N) is 2. The van der Waals surface area contributed by atoms with Crippen LogP contribution in [0.25, 0.3) is 11.4 Å². The van der Waals surface area contributed by atoms with E-state index in [0.717, 1.165) is 18.4 Å². The molecule has 2 aromatic carbocycles. The van der Waals surface area contributed by atoms with E-state index < -0.39 is 39.6 Å². The smallest absolute Gasteiger partial charge is 0.416 e. The summed E-state index contributed by atoms with van der Waals surface area (Å²) in [5.41, 5.74) is 0.188. The normalized spacial score (nSPS) is 12.6. The molecule has 1 amide bonds. The van der Waals surface area contributed by atoms with Crippen molar-refractivity contribution < 1.29 is 35.5 Å². The number of hydrogen-bond donors (Lipinski definition) is 2. The van der Waals surface area contributed by atoms with Crippen LogP contribution in [0.2, 0.25) is 5.02 Å². The molecule has 0 radical (unpaired) electrons. The van der Waals surface area contributed by atoms with Crippen molar-refractivity contribution >= 4 is 38.9 Å². The summed E-state index contributed by atoms with van der Waals surface area (Å²) in [5.74, 6) is -1.39. The average Bonchev–Trinajstić information content (AvgIpc) is 3.23. The minimum atomic E-state index is -4.73. The van der Waals surface area contributed by atoms with Crippen LogP contribution in [0, 0.1) is 5.82 Å². The third-order valence-corrected chi connectivity index (χ3v) is 6.58. The van der Waals surface area contributed by atoms with Crippen LogP contribution >= 0.6 is 11.6 Å². The van der Waals surface area contributed by atoms with Gasteiger partial charge < -0.3 is 14.6 Å². The van der Waals surface area contributed by atoms with Crippen LogP contribution < -0.4 is 14.8 Å². The van der Waals surface area contributed by atoms with Gasteiger partial charge in [-0.25, -0.2) is 12.8 Å². The Bertz CT molecular complexity index is 1720. The largest absolute Gasteiger partial charge is 0.484 e. The highest BCUT2D eigenvalue weighted by atomic mass is 35.5. The molecule has 0 saturated carbocycles. The Balaban J connectivity index is 1.59. The standard InChI is InChI=1S/C27H23ClF4N4O4S/c1-15(16-7-18(27(30,31)32)10-20(29)8-16)40-24-5-4-6-33-25(24)23-9-17(14-36(23)2)26(37)34-21-11-19(28)12-22(13-21)35-41(3,38)39/h4-15,35H,1-3H3,(H,34,37)/t15-/m1/s1. The molecule has 2 aromatic heterocycles. The van der Waals surface area contributed by atoms with Gasteiger partial charge >= 0.3 is 6.18 Å². The van der Waals surface area contributed by atoms with Crippen molar-refractivity contribution in [3.05, 3.63) is 94.5 Å². The second kappa shape index (κ2) is 11.4. The van der Waals surface area contributed by atoms with E-state index in [-0.39, 0.29) is 39.0 Å². The number of aromatic nitrogens is 2. The van der Waals surface area contributed by atoms with Crippen LogP contribution in [0.4, 0.5) is 28.9 Å². The van der Waals surface area contributed by atoms with Crippen molar-refractivity contribution in [1.82, 2.24) is 9.55 Å². The molecule has 2 N–H and O–H groups in total. The van der Waals surface area contributed by atoms with Gasteiger partial charge in [0.15, 0.2) is 0 Å². The quantitative estimate of drug-likeness (QED) is 0.217. The summed E-state index contributed by atoms with van der Waals surface area (Å²) in [5, 5.41) is 2.85. The summed E-state index contributed by atoms with van der Waals surface area (Å²) < 4.78 is 86.5. The van der Waals surface area contributed by atoms with Gasteiger partial charge in [-0.2, -0.15) is 13.2 Å². The van der Waals surface area contributed by atoms with E-state index in [1.165, 1.54) is 43.6 Å². The number of carbonyl (C=O) groups is 1. The Hall–Kier alpha value is -4.10. The molecule has 0 unspecified atom stereocenters. The molecule has 0 aliphatic heterocycles. The Labute approximate surface area is 238 Å². The molecule has 2 heterocycles. The van der Waals surface area contributed by atoms with E-state index in [0.29, 0.717) is 11.8 Å². The van der Waals surface area contributed by atoms with Gasteiger partial charge in [0.1, 0.15) is 23.4 Å². The summed E-state index contributed by atoms with van der Waals surface area (Å²) in [7, 11) is -1.92. The minimum Gasteiger partial charge on any atom is -0.484 e. The van der Waals surface area contributed by atoms with Gasteiger partial charge in [-0.05, 0) is 67.1 Å². The van der Waals surface area contributed by atoms with Gasteiger partial charge in [-0.15, -0.1) is 0 Å². The number of halogens is 5. The first-order valence-corrected chi connectivity index (χ1v) is 14.1. The lowest BCUT2D eigenvalue weighted by molar-refractivity contribution is -0.137. The number of ether oxygens (including phenoxy) is 1. The van der Waals surface area contributed by atoms with Gasteiger partial charge in [0, 0.05) is 30.2 Å². The van der Waals surface area contributed by atoms with Crippen molar-refractivity contribution in [1.29, 1.82) is 0 Å². The molecule has 0 saturated heterocycles. The van der Waals surface area contributed by atoms with E-state index >= 15 is 0 Å². The number of aryl methyl sites for hydroxylation is 1. The zero-order valence-corrected chi connectivity index (χ0v) is 23.3. The van der Waals surface area contributed by atoms with Gasteiger partial charge in [0.25, 0.3) is 5.91 Å². The molecule has 4 aromatic rings. The zero-order chi connectivity index (χ0) is 30.1. The molecule has 14 heteroatoms. The Morgan fingerprint density at radius 1 is 1.10 bits per heavy atom. The average molecular weight is 611 g/mol. The molecule has 41 heavy (non-hydrogen) atoms. The van der Waals surface area contributed by atoms with Crippen molar-refractivity contribution in [3.63, 3.8) is 0 Å². The van der Waals surface area contributed by atoms with Crippen molar-refractivity contribution in [2.24, 2.45) is 7.05 Å². The first-order chi connectivity index (χ1) is 19.1. The number of nitrogens with one attached hydrogen (secondary N) is 2. The summed E-state index contributed by atoms with van der Waals surface area (Å²) in [6.45, 7) is 1.48. The lowest BCUT2D eigenvalue weighted by atomic mass is 10.1. The van der Waals surface area contributed by atoms with Crippen LogP contribution in [0.3, 0.4) is 0 Å². The molecular weight excluding hydrogens is 588 g/mol. The molecule has 0 aliphatic rings. The molecule has 4 rings (SSSR count). The van der Waals surface area contributed by atoms with E-state index in [9.17, 15) is 30.8 Å². The predicted octanol–water partition coefficient (Wildman–Crippen LogP) is 6.66. The topological polar surface area (TPSA) is 102 Å². The van der Waals surface area contributed by atoms with Crippen LogP contribution in [-0.4, -0.2) is 30.1 Å². The molecule has 0 fully saturated rings. The maximum absolute atomic E-state index is 14.0. The third kappa shape index (κ3) is 7.55. The Morgan fingerprint density at radius 2 is 1.80 bits per heavy atom. The SMILES string of the molecule is C[C@@H](Oc1cccnc1-c1cc(C(=O)Nc2cc(Cl)cc(NS(C)(=O)=O)c2)cn1C)c1cc(F)cc(C(F)(F)F)c1. The van der Waals surface area contributed by atoms with Crippen LogP contribution in [0.1, 0.15) is 34.5 Å². The number of rotatable bonds is 8. The second-order valence-electron chi connectivity index (χ2n) is 9.16. The van der Waals surface area contributed by atoms with Gasteiger partial charge in [0.05, 0.1) is 28.8 Å². The van der Waals surface area contributed by atoms with E-state index in [2.05, 4.69) is 15.0 Å². The number of anilines is 2. The number of amides is 1. The summed E-state index contributed by atoms with van der Waals surface area (Å²) >= 11 is 6.07. The van der Waals surface area contributed by atoms with Crippen molar-refractivity contribution in [2.75, 3.05) is 16.3 Å². The second-order valence-corrected chi connectivity index (χ2v) is 11.3. The number of alkyl halides is 3. The highest BCUT2D eigenvalue weighted by Crippen LogP contribution is 2.35. The van der Waals surface area contributed by atoms with Gasteiger partial charge in [0.2, 0.25) is 10.0 Å². The van der Waals surface area contributed by atoms with Crippen molar-refractivity contribution in [2.45, 2.75) is 19.2 Å². The fraction of sp³-hybridized carbons (Fsp3) is 0.185. The van der Waals surface area contributed by atoms with E-state index in [1.807, 2.05) is 0 Å². The maximum atomic E-state index is 14.0. The molecule has 0 bridgehead atoms. The third-order valence-electron chi connectivity index (χ3n) is 5.76. The zero-order valence-electron chi connectivity index (χ0n) is 21.8. The van der Waals surface area contributed by atoms with Crippen LogP contribution in [-0.2, 0) is 23.2 Å².